The van der Waals surface area contributed by atoms with Crippen molar-refractivity contribution >= 4 is 11.9 Å². The van der Waals surface area contributed by atoms with E-state index in [4.69, 9.17) is 5.11 Å². The molecule has 0 aromatic carbocycles. The molecule has 82 valence electrons. The highest BCUT2D eigenvalue weighted by Crippen LogP contribution is 2.20. The second-order valence-corrected chi connectivity index (χ2v) is 3.45. The number of hydrogen-bond acceptors (Lipinski definition) is 3. The predicted molar refractivity (Wildman–Crippen MR) is 54.2 cm³/mol. The van der Waals surface area contributed by atoms with Crippen molar-refractivity contribution < 1.29 is 19.4 Å². The summed E-state index contributed by atoms with van der Waals surface area (Å²) in [5, 5.41) is 8.81. The molecule has 1 aliphatic rings. The molecular weight excluding hydrogens is 196 g/mol. The van der Waals surface area contributed by atoms with E-state index in [-0.39, 0.29) is 12.4 Å². The molecule has 0 saturated carbocycles. The fourth-order valence-corrected chi connectivity index (χ4v) is 1.46. The van der Waals surface area contributed by atoms with Gasteiger partial charge in [0.15, 0.2) is 0 Å². The maximum Gasteiger partial charge on any atom is 0.310 e. The van der Waals surface area contributed by atoms with Gasteiger partial charge in [0.2, 0.25) is 0 Å². The molecule has 4 nitrogen and oxygen atoms in total. The average Bonchev–Trinajstić information content (AvgIpc) is 2.43. The number of carbonyl (C=O) groups excluding carboxylic acids is 1. The molecule has 0 saturated heterocycles. The van der Waals surface area contributed by atoms with E-state index in [0.29, 0.717) is 12.8 Å². The monoisotopic (exact) mass is 210 g/mol. The smallest absolute Gasteiger partial charge is 0.310 e. The third-order valence-electron chi connectivity index (χ3n) is 2.37. The normalized spacial score (nSPS) is 20.3. The topological polar surface area (TPSA) is 63.6 Å². The third-order valence-corrected chi connectivity index (χ3v) is 2.37. The van der Waals surface area contributed by atoms with Gasteiger partial charge >= 0.3 is 11.9 Å². The predicted octanol–water partition coefficient (Wildman–Crippen LogP) is 1.53. The number of carbonyl (C=O) groups is 2. The standard InChI is InChI=1S/C11H14O4/c1-15-10(12)7-8-3-2-4-9(6-5-8)11(13)14/h2-4,9H,5-7H2,1H3,(H,13,14). The van der Waals surface area contributed by atoms with Crippen LogP contribution in [0.15, 0.2) is 23.8 Å². The number of carboxylic acid groups (broad SMARTS) is 1. The Kier molecular flexibility index (Phi) is 4.09. The largest absolute Gasteiger partial charge is 0.481 e. The van der Waals surface area contributed by atoms with E-state index in [1.54, 1.807) is 18.2 Å². The molecule has 1 aliphatic carbocycles. The Hall–Kier alpha value is -1.58. The molecule has 0 radical (unpaired) electrons. The molecule has 0 aliphatic heterocycles. The molecule has 0 fully saturated rings. The van der Waals surface area contributed by atoms with Crippen LogP contribution in [0.5, 0.6) is 0 Å². The van der Waals surface area contributed by atoms with Crippen molar-refractivity contribution in [3.63, 3.8) is 0 Å². The van der Waals surface area contributed by atoms with Crippen LogP contribution in [0.3, 0.4) is 0 Å². The zero-order valence-corrected chi connectivity index (χ0v) is 8.60. The second-order valence-electron chi connectivity index (χ2n) is 3.45. The van der Waals surface area contributed by atoms with Crippen LogP contribution >= 0.6 is 0 Å². The zero-order valence-electron chi connectivity index (χ0n) is 8.60. The number of hydrogen-bond donors (Lipinski definition) is 1. The lowest BCUT2D eigenvalue weighted by atomic mass is 10.0. The van der Waals surface area contributed by atoms with E-state index in [0.717, 1.165) is 5.57 Å². The van der Waals surface area contributed by atoms with Crippen molar-refractivity contribution in [3.8, 4) is 0 Å². The highest BCUT2D eigenvalue weighted by Gasteiger charge is 2.17. The number of esters is 1. The molecule has 15 heavy (non-hydrogen) atoms. The quantitative estimate of drug-likeness (QED) is 0.717. The van der Waals surface area contributed by atoms with Gasteiger partial charge in [0, 0.05) is 0 Å². The number of ether oxygens (including phenoxy) is 1. The van der Waals surface area contributed by atoms with Crippen LogP contribution in [0, 0.1) is 5.92 Å². The first-order chi connectivity index (χ1) is 7.13. The highest BCUT2D eigenvalue weighted by molar-refractivity contribution is 5.74. The molecule has 1 unspecified atom stereocenters. The van der Waals surface area contributed by atoms with Gasteiger partial charge in [0.05, 0.1) is 19.4 Å². The fraction of sp³-hybridized carbons (Fsp3) is 0.455. The lowest BCUT2D eigenvalue weighted by molar-refractivity contribution is -0.140. The Bertz CT molecular complexity index is 315. The van der Waals surface area contributed by atoms with Gasteiger partial charge in [-0.05, 0) is 12.8 Å². The molecule has 0 aromatic rings. The van der Waals surface area contributed by atoms with Crippen LogP contribution in [0.2, 0.25) is 0 Å². The summed E-state index contributed by atoms with van der Waals surface area (Å²) in [5.41, 5.74) is 0.918. The van der Waals surface area contributed by atoms with Crippen LogP contribution in [-0.2, 0) is 14.3 Å². The fourth-order valence-electron chi connectivity index (χ4n) is 1.46. The average molecular weight is 210 g/mol. The SMILES string of the molecule is COC(=O)CC1=CC=CC(C(=O)O)CC1. The Labute approximate surface area is 88.2 Å². The Morgan fingerprint density at radius 2 is 2.33 bits per heavy atom. The first-order valence-electron chi connectivity index (χ1n) is 4.79. The lowest BCUT2D eigenvalue weighted by Crippen LogP contribution is -2.10. The summed E-state index contributed by atoms with van der Waals surface area (Å²) in [6.07, 6.45) is 6.54. The van der Waals surface area contributed by atoms with Gasteiger partial charge in [-0.1, -0.05) is 23.8 Å². The van der Waals surface area contributed by atoms with Crippen LogP contribution < -0.4 is 0 Å². The van der Waals surface area contributed by atoms with Crippen molar-refractivity contribution in [2.24, 2.45) is 5.92 Å². The molecule has 0 aromatic heterocycles. The maximum atomic E-state index is 11.0. The zero-order chi connectivity index (χ0) is 11.3. The summed E-state index contributed by atoms with van der Waals surface area (Å²) in [6.45, 7) is 0. The Morgan fingerprint density at radius 1 is 1.60 bits per heavy atom. The lowest BCUT2D eigenvalue weighted by Gasteiger charge is -2.06. The van der Waals surface area contributed by atoms with Crippen LogP contribution in [-0.4, -0.2) is 24.2 Å². The number of allylic oxidation sites excluding steroid dienone is 2. The third kappa shape index (κ3) is 3.58. The second kappa shape index (κ2) is 5.34. The van der Waals surface area contributed by atoms with E-state index >= 15 is 0 Å². The summed E-state index contributed by atoms with van der Waals surface area (Å²) in [5.74, 6) is -1.56. The van der Waals surface area contributed by atoms with Crippen LogP contribution in [0.25, 0.3) is 0 Å². The van der Waals surface area contributed by atoms with Crippen molar-refractivity contribution in [2.75, 3.05) is 7.11 Å². The summed E-state index contributed by atoms with van der Waals surface area (Å²) >= 11 is 0. The first-order valence-corrected chi connectivity index (χ1v) is 4.79. The van der Waals surface area contributed by atoms with Crippen molar-refractivity contribution in [3.05, 3.63) is 23.8 Å². The molecule has 0 amide bonds. The minimum absolute atomic E-state index is 0.243. The summed E-state index contributed by atoms with van der Waals surface area (Å²) in [7, 11) is 1.34. The summed E-state index contributed by atoms with van der Waals surface area (Å²) in [4.78, 5) is 21.7. The number of aliphatic carboxylic acids is 1. The van der Waals surface area contributed by atoms with Gasteiger partial charge in [-0.2, -0.15) is 0 Å². The number of methoxy groups -OCH3 is 1. The molecule has 1 atom stereocenters. The van der Waals surface area contributed by atoms with Crippen molar-refractivity contribution in [1.82, 2.24) is 0 Å². The molecule has 4 heteroatoms. The van der Waals surface area contributed by atoms with Crippen LogP contribution in [0.4, 0.5) is 0 Å². The number of carboxylic acids is 1. The minimum atomic E-state index is -0.820. The van der Waals surface area contributed by atoms with E-state index < -0.39 is 11.9 Å². The Balaban J connectivity index is 2.54. The molecule has 1 rings (SSSR count). The van der Waals surface area contributed by atoms with Gasteiger partial charge in [0.1, 0.15) is 0 Å². The van der Waals surface area contributed by atoms with Gasteiger partial charge in [0.25, 0.3) is 0 Å². The van der Waals surface area contributed by atoms with Gasteiger partial charge in [-0.15, -0.1) is 0 Å². The van der Waals surface area contributed by atoms with Crippen molar-refractivity contribution in [1.29, 1.82) is 0 Å². The van der Waals surface area contributed by atoms with Crippen molar-refractivity contribution in [2.45, 2.75) is 19.3 Å². The molecular formula is C11H14O4. The van der Waals surface area contributed by atoms with Gasteiger partial charge in [-0.3, -0.25) is 9.59 Å². The first kappa shape index (κ1) is 11.5. The molecule has 0 heterocycles. The summed E-state index contributed by atoms with van der Waals surface area (Å²) < 4.78 is 4.55. The van der Waals surface area contributed by atoms with Gasteiger partial charge < -0.3 is 9.84 Å². The van der Waals surface area contributed by atoms with E-state index in [9.17, 15) is 9.59 Å². The summed E-state index contributed by atoms with van der Waals surface area (Å²) in [6, 6.07) is 0. The van der Waals surface area contributed by atoms with E-state index in [1.165, 1.54) is 7.11 Å². The van der Waals surface area contributed by atoms with Gasteiger partial charge in [-0.25, -0.2) is 0 Å². The van der Waals surface area contributed by atoms with Crippen LogP contribution in [0.1, 0.15) is 19.3 Å². The molecule has 0 spiro atoms. The Morgan fingerprint density at radius 3 is 2.93 bits per heavy atom. The minimum Gasteiger partial charge on any atom is -0.481 e. The molecule has 1 N–H and O–H groups in total. The highest BCUT2D eigenvalue weighted by atomic mass is 16.5. The molecule has 0 bridgehead atoms. The number of rotatable bonds is 3. The van der Waals surface area contributed by atoms with E-state index in [1.807, 2.05) is 0 Å². The van der Waals surface area contributed by atoms with E-state index in [2.05, 4.69) is 4.74 Å². The maximum absolute atomic E-state index is 11.0.